The Morgan fingerprint density at radius 2 is 1.64 bits per heavy atom. The average molecular weight is 499 g/mol. The Labute approximate surface area is 206 Å². The van der Waals surface area contributed by atoms with Crippen LogP contribution in [0.3, 0.4) is 0 Å². The largest absolute Gasteiger partial charge is 0.328 e. The highest BCUT2D eigenvalue weighted by Crippen LogP contribution is 2.33. The van der Waals surface area contributed by atoms with Crippen molar-refractivity contribution in [2.45, 2.75) is 4.90 Å². The molecule has 0 amide bonds. The zero-order chi connectivity index (χ0) is 25.2. The molecule has 9 nitrogen and oxygen atoms in total. The third-order valence-corrected chi connectivity index (χ3v) is 8.02. The summed E-state index contributed by atoms with van der Waals surface area (Å²) in [7, 11) is 1.16. The lowest BCUT2D eigenvalue weighted by atomic mass is 10.1. The molecule has 0 atom stereocenters. The zero-order valence-corrected chi connectivity index (χ0v) is 20.6. The van der Waals surface area contributed by atoms with Crippen LogP contribution in [0.4, 0.5) is 0 Å². The predicted molar refractivity (Wildman–Crippen MR) is 140 cm³/mol. The summed E-state index contributed by atoms with van der Waals surface area (Å²) < 4.78 is 32.7. The first-order chi connectivity index (χ1) is 17.3. The van der Waals surface area contributed by atoms with Crippen molar-refractivity contribution >= 4 is 42.9 Å². The number of hydrogen-bond donors (Lipinski definition) is 1. The molecule has 0 aliphatic carbocycles. The maximum Gasteiger partial charge on any atom is 0.328 e. The molecule has 0 aliphatic rings. The fourth-order valence-electron chi connectivity index (χ4n) is 4.69. The molecule has 3 aromatic heterocycles. The summed E-state index contributed by atoms with van der Waals surface area (Å²) in [5, 5.41) is 1.94. The van der Waals surface area contributed by atoms with Gasteiger partial charge in [-0.1, -0.05) is 24.3 Å². The minimum atomic E-state index is -3.68. The lowest BCUT2D eigenvalue weighted by molar-refractivity contribution is 0.588. The van der Waals surface area contributed by atoms with E-state index in [0.29, 0.717) is 22.6 Å². The molecule has 0 radical (unpaired) electrons. The molecule has 0 aliphatic heterocycles. The molecule has 0 bridgehead atoms. The molecule has 10 heteroatoms. The van der Waals surface area contributed by atoms with Crippen molar-refractivity contribution in [2.24, 2.45) is 14.1 Å². The highest BCUT2D eigenvalue weighted by molar-refractivity contribution is 7.89. The van der Waals surface area contributed by atoms with E-state index in [0.717, 1.165) is 27.5 Å². The molecule has 180 valence electrons. The van der Waals surface area contributed by atoms with Gasteiger partial charge in [0.05, 0.1) is 27.0 Å². The van der Waals surface area contributed by atoms with Crippen LogP contribution in [-0.4, -0.2) is 39.1 Å². The van der Waals surface area contributed by atoms with E-state index in [1.807, 2.05) is 53.1 Å². The van der Waals surface area contributed by atoms with Crippen LogP contribution in [-0.2, 0) is 24.1 Å². The molecule has 6 aromatic rings. The van der Waals surface area contributed by atoms with Gasteiger partial charge in [0.15, 0.2) is 5.82 Å². The van der Waals surface area contributed by atoms with Crippen molar-refractivity contribution < 1.29 is 8.42 Å². The molecule has 0 saturated carbocycles. The van der Waals surface area contributed by atoms with Gasteiger partial charge in [0, 0.05) is 31.4 Å². The molecule has 0 saturated heterocycles. The summed E-state index contributed by atoms with van der Waals surface area (Å²) in [6, 6.07) is 20.4. The van der Waals surface area contributed by atoms with Gasteiger partial charge >= 0.3 is 5.69 Å². The number of rotatable bonds is 4. The first-order valence-corrected chi connectivity index (χ1v) is 12.7. The van der Waals surface area contributed by atoms with Gasteiger partial charge in [-0.3, -0.25) is 18.7 Å². The number of fused-ring (bicyclic) bond motifs is 3. The second-order valence-electron chi connectivity index (χ2n) is 8.58. The number of nitrogens with zero attached hydrogens (tertiary/aromatic N) is 5. The summed E-state index contributed by atoms with van der Waals surface area (Å²) in [4.78, 5) is 22.2. The topological polar surface area (TPSA) is 104 Å². The van der Waals surface area contributed by atoms with Crippen LogP contribution in [0.25, 0.3) is 50.0 Å². The third kappa shape index (κ3) is 3.19. The Morgan fingerprint density at radius 1 is 0.861 bits per heavy atom. The van der Waals surface area contributed by atoms with Crippen molar-refractivity contribution in [1.29, 1.82) is 0 Å². The van der Waals surface area contributed by atoms with Crippen molar-refractivity contribution in [3.8, 4) is 17.2 Å². The second kappa shape index (κ2) is 7.87. The van der Waals surface area contributed by atoms with Gasteiger partial charge in [0.25, 0.3) is 0 Å². The van der Waals surface area contributed by atoms with Gasteiger partial charge in [-0.15, -0.1) is 0 Å². The zero-order valence-electron chi connectivity index (χ0n) is 19.8. The van der Waals surface area contributed by atoms with Gasteiger partial charge in [0.1, 0.15) is 5.69 Å². The molecule has 36 heavy (non-hydrogen) atoms. The Hall–Kier alpha value is -4.28. The van der Waals surface area contributed by atoms with E-state index in [1.54, 1.807) is 41.6 Å². The lowest BCUT2D eigenvalue weighted by Crippen LogP contribution is -2.19. The van der Waals surface area contributed by atoms with Crippen LogP contribution in [0, 0.1) is 0 Å². The highest BCUT2D eigenvalue weighted by atomic mass is 32.2. The van der Waals surface area contributed by atoms with E-state index in [2.05, 4.69) is 9.71 Å². The molecule has 0 fully saturated rings. The van der Waals surface area contributed by atoms with E-state index in [4.69, 9.17) is 4.98 Å². The summed E-state index contributed by atoms with van der Waals surface area (Å²) in [5.41, 5.74) is 4.04. The Balaban J connectivity index is 1.74. The van der Waals surface area contributed by atoms with Gasteiger partial charge in [0.2, 0.25) is 10.0 Å². The number of benzene rings is 3. The number of sulfonamides is 1. The van der Waals surface area contributed by atoms with Crippen LogP contribution in [0.2, 0.25) is 0 Å². The fraction of sp³-hybridized carbons (Fsp3) is 0.115. The van der Waals surface area contributed by atoms with E-state index < -0.39 is 10.0 Å². The number of hydrogen-bond acceptors (Lipinski definition) is 5. The van der Waals surface area contributed by atoms with E-state index in [1.165, 1.54) is 13.1 Å². The van der Waals surface area contributed by atoms with Gasteiger partial charge in [-0.05, 0) is 54.9 Å². The number of aromatic nitrogens is 5. The van der Waals surface area contributed by atoms with Crippen LogP contribution < -0.4 is 10.4 Å². The van der Waals surface area contributed by atoms with Crippen LogP contribution in [0.1, 0.15) is 0 Å². The molecule has 1 N–H and O–H groups in total. The first-order valence-electron chi connectivity index (χ1n) is 11.3. The standard InChI is InChI=1S/C26H22N6O3S/c1-27-36(34,35)18-9-10-20-22(15-18)32(17-8-11-21-23(14-17)31(3)26(33)30(21)2)25(29-20)24-19-7-5-4-6-16(19)12-13-28-24/h4-15,27H,1-3H3. The molecule has 3 aromatic carbocycles. The summed E-state index contributed by atoms with van der Waals surface area (Å²) >= 11 is 0. The van der Waals surface area contributed by atoms with E-state index in [9.17, 15) is 13.2 Å². The molecule has 0 unspecified atom stereocenters. The molecule has 6 rings (SSSR count). The predicted octanol–water partition coefficient (Wildman–Crippen LogP) is 3.34. The second-order valence-corrected chi connectivity index (χ2v) is 10.5. The minimum absolute atomic E-state index is 0.129. The third-order valence-electron chi connectivity index (χ3n) is 6.60. The fourth-order valence-corrected chi connectivity index (χ4v) is 5.44. The Morgan fingerprint density at radius 3 is 2.44 bits per heavy atom. The van der Waals surface area contributed by atoms with Gasteiger partial charge < -0.3 is 0 Å². The minimum Gasteiger partial charge on any atom is -0.295 e. The average Bonchev–Trinajstić information content (AvgIpc) is 3.38. The Kier molecular flexibility index (Phi) is 4.85. The quantitative estimate of drug-likeness (QED) is 0.402. The normalized spacial score (nSPS) is 12.2. The number of pyridine rings is 1. The SMILES string of the molecule is CNS(=O)(=O)c1ccc2nc(-c3nccc4ccccc34)n(-c3ccc4c(c3)n(C)c(=O)n4C)c2c1. The monoisotopic (exact) mass is 498 g/mol. The number of imidazole rings is 2. The molecular formula is C26H22N6O3S. The molecule has 0 spiro atoms. The van der Waals surface area contributed by atoms with Crippen molar-refractivity contribution in [1.82, 2.24) is 28.4 Å². The Bertz CT molecular complexity index is 1990. The molecular weight excluding hydrogens is 476 g/mol. The van der Waals surface area contributed by atoms with Gasteiger partial charge in [-0.2, -0.15) is 0 Å². The van der Waals surface area contributed by atoms with Crippen LogP contribution >= 0.6 is 0 Å². The maximum absolute atomic E-state index is 12.6. The first kappa shape index (κ1) is 22.2. The number of aryl methyl sites for hydroxylation is 2. The van der Waals surface area contributed by atoms with Crippen LogP contribution in [0.15, 0.2) is 82.6 Å². The van der Waals surface area contributed by atoms with Gasteiger partial charge in [-0.25, -0.2) is 22.9 Å². The lowest BCUT2D eigenvalue weighted by Gasteiger charge is -2.12. The highest BCUT2D eigenvalue weighted by Gasteiger charge is 2.21. The maximum atomic E-state index is 12.6. The van der Waals surface area contributed by atoms with Crippen molar-refractivity contribution in [2.75, 3.05) is 7.05 Å². The van der Waals surface area contributed by atoms with Crippen molar-refractivity contribution in [3.05, 3.63) is 83.4 Å². The smallest absolute Gasteiger partial charge is 0.295 e. The van der Waals surface area contributed by atoms with E-state index in [-0.39, 0.29) is 10.6 Å². The summed E-state index contributed by atoms with van der Waals surface area (Å²) in [5.74, 6) is 0.570. The summed E-state index contributed by atoms with van der Waals surface area (Å²) in [6.45, 7) is 0. The molecule has 3 heterocycles. The van der Waals surface area contributed by atoms with Crippen molar-refractivity contribution in [3.63, 3.8) is 0 Å². The van der Waals surface area contributed by atoms with E-state index >= 15 is 0 Å². The number of nitrogens with one attached hydrogen (secondary N) is 1. The van der Waals surface area contributed by atoms with Crippen LogP contribution in [0.5, 0.6) is 0 Å². The summed E-state index contributed by atoms with van der Waals surface area (Å²) in [6.07, 6.45) is 1.74.